The van der Waals surface area contributed by atoms with Crippen molar-refractivity contribution in [2.24, 2.45) is 5.92 Å². The third-order valence-corrected chi connectivity index (χ3v) is 3.79. The lowest BCUT2D eigenvalue weighted by molar-refractivity contribution is 0.269. The van der Waals surface area contributed by atoms with Crippen LogP contribution in [-0.4, -0.2) is 24.6 Å². The van der Waals surface area contributed by atoms with Crippen LogP contribution in [0.15, 0.2) is 24.3 Å². The quantitative estimate of drug-likeness (QED) is 0.794. The number of aliphatic hydroxyl groups excluding tert-OH is 1. The molecular weight excluding hydrogens is 220 g/mol. The van der Waals surface area contributed by atoms with Crippen molar-refractivity contribution in [2.75, 3.05) is 19.5 Å². The van der Waals surface area contributed by atoms with Gasteiger partial charge in [0.2, 0.25) is 0 Å². The van der Waals surface area contributed by atoms with Gasteiger partial charge < -0.3 is 9.84 Å². The summed E-state index contributed by atoms with van der Waals surface area (Å²) < 4.78 is 5.11. The van der Waals surface area contributed by atoms with E-state index in [0.29, 0.717) is 12.5 Å². The van der Waals surface area contributed by atoms with Gasteiger partial charge in [0.25, 0.3) is 0 Å². The molecule has 1 aromatic rings. The molecule has 0 aliphatic heterocycles. The van der Waals surface area contributed by atoms with Gasteiger partial charge in [-0.1, -0.05) is 19.1 Å². The summed E-state index contributed by atoms with van der Waals surface area (Å²) in [6.45, 7) is 2.47. The van der Waals surface area contributed by atoms with Crippen molar-refractivity contribution < 1.29 is 9.84 Å². The average Bonchev–Trinajstić information content (AvgIpc) is 2.30. The molecule has 3 heteroatoms. The second kappa shape index (κ2) is 7.58. The molecule has 16 heavy (non-hydrogen) atoms. The molecule has 1 unspecified atom stereocenters. The second-order valence-electron chi connectivity index (χ2n) is 3.98. The molecule has 0 heterocycles. The van der Waals surface area contributed by atoms with Gasteiger partial charge in [-0.3, -0.25) is 0 Å². The van der Waals surface area contributed by atoms with Crippen LogP contribution < -0.4 is 4.74 Å². The Kier molecular flexibility index (Phi) is 6.34. The Bertz CT molecular complexity index is 284. The van der Waals surface area contributed by atoms with Crippen molar-refractivity contribution in [3.05, 3.63) is 29.8 Å². The number of hydrogen-bond donors (Lipinski definition) is 1. The van der Waals surface area contributed by atoms with E-state index in [2.05, 4.69) is 19.1 Å². The highest BCUT2D eigenvalue weighted by Gasteiger charge is 2.01. The largest absolute Gasteiger partial charge is 0.497 e. The van der Waals surface area contributed by atoms with E-state index in [9.17, 15) is 0 Å². The Balaban J connectivity index is 2.26. The Morgan fingerprint density at radius 3 is 2.56 bits per heavy atom. The molecule has 0 aromatic heterocycles. The van der Waals surface area contributed by atoms with Gasteiger partial charge >= 0.3 is 0 Å². The summed E-state index contributed by atoms with van der Waals surface area (Å²) in [6.07, 6.45) is 0.898. The first-order chi connectivity index (χ1) is 7.76. The summed E-state index contributed by atoms with van der Waals surface area (Å²) in [4.78, 5) is 0. The summed E-state index contributed by atoms with van der Waals surface area (Å²) in [6, 6.07) is 8.19. The molecule has 1 atom stereocenters. The van der Waals surface area contributed by atoms with Crippen molar-refractivity contribution in [1.82, 2.24) is 0 Å². The van der Waals surface area contributed by atoms with Crippen molar-refractivity contribution in [3.63, 3.8) is 0 Å². The van der Waals surface area contributed by atoms with E-state index >= 15 is 0 Å². The molecule has 1 N–H and O–H groups in total. The number of methoxy groups -OCH3 is 1. The van der Waals surface area contributed by atoms with E-state index in [0.717, 1.165) is 23.7 Å². The molecule has 2 nitrogen and oxygen atoms in total. The lowest BCUT2D eigenvalue weighted by atomic mass is 10.1. The maximum atomic E-state index is 8.79. The molecule has 90 valence electrons. The highest BCUT2D eigenvalue weighted by atomic mass is 32.2. The zero-order valence-electron chi connectivity index (χ0n) is 9.98. The predicted molar refractivity (Wildman–Crippen MR) is 70.0 cm³/mol. The van der Waals surface area contributed by atoms with Gasteiger partial charge in [0.05, 0.1) is 7.11 Å². The number of ether oxygens (including phenoxy) is 1. The highest BCUT2D eigenvalue weighted by molar-refractivity contribution is 7.98. The van der Waals surface area contributed by atoms with Gasteiger partial charge in [0.1, 0.15) is 5.75 Å². The minimum Gasteiger partial charge on any atom is -0.497 e. The topological polar surface area (TPSA) is 29.5 Å². The normalized spacial score (nSPS) is 12.4. The first kappa shape index (κ1) is 13.4. The number of aliphatic hydroxyl groups is 1. The summed E-state index contributed by atoms with van der Waals surface area (Å²) >= 11 is 1.92. The van der Waals surface area contributed by atoms with Crippen molar-refractivity contribution >= 4 is 11.8 Å². The molecule has 0 fully saturated rings. The van der Waals surface area contributed by atoms with E-state index in [1.807, 2.05) is 23.9 Å². The minimum atomic E-state index is 0.296. The molecule has 0 aliphatic carbocycles. The molecule has 1 rings (SSSR count). The van der Waals surface area contributed by atoms with Crippen LogP contribution in [0.1, 0.15) is 18.9 Å². The Morgan fingerprint density at radius 1 is 1.31 bits per heavy atom. The Hall–Kier alpha value is -0.670. The number of benzene rings is 1. The van der Waals surface area contributed by atoms with E-state index in [1.165, 1.54) is 5.56 Å². The van der Waals surface area contributed by atoms with E-state index in [-0.39, 0.29) is 0 Å². The lowest BCUT2D eigenvalue weighted by Crippen LogP contribution is -2.01. The summed E-state index contributed by atoms with van der Waals surface area (Å²) in [7, 11) is 1.68. The van der Waals surface area contributed by atoms with Crippen molar-refractivity contribution in [1.29, 1.82) is 0 Å². The van der Waals surface area contributed by atoms with Gasteiger partial charge in [-0.05, 0) is 35.8 Å². The monoisotopic (exact) mass is 240 g/mol. The van der Waals surface area contributed by atoms with Crippen molar-refractivity contribution in [3.8, 4) is 5.75 Å². The molecular formula is C13H20O2S. The van der Waals surface area contributed by atoms with E-state index < -0.39 is 0 Å². The molecule has 0 saturated heterocycles. The molecule has 0 saturated carbocycles. The van der Waals surface area contributed by atoms with Gasteiger partial charge in [-0.15, -0.1) is 0 Å². The van der Waals surface area contributed by atoms with Crippen LogP contribution in [0, 0.1) is 5.92 Å². The van der Waals surface area contributed by atoms with Crippen LogP contribution in [-0.2, 0) is 5.75 Å². The molecule has 0 radical (unpaired) electrons. The summed E-state index contributed by atoms with van der Waals surface area (Å²) in [5.41, 5.74) is 1.32. The fourth-order valence-corrected chi connectivity index (χ4v) is 2.52. The van der Waals surface area contributed by atoms with Crippen LogP contribution in [0.3, 0.4) is 0 Å². The predicted octanol–water partition coefficient (Wildman–Crippen LogP) is 2.95. The molecule has 0 amide bonds. The van der Waals surface area contributed by atoms with Crippen LogP contribution in [0.5, 0.6) is 5.75 Å². The fourth-order valence-electron chi connectivity index (χ4n) is 1.40. The highest BCUT2D eigenvalue weighted by Crippen LogP contribution is 2.19. The molecule has 0 spiro atoms. The fraction of sp³-hybridized carbons (Fsp3) is 0.538. The standard InChI is InChI=1S/C13H20O2S/c1-11(7-8-14)9-16-10-12-3-5-13(15-2)6-4-12/h3-6,11,14H,7-10H2,1-2H3. The molecule has 1 aromatic carbocycles. The summed E-state index contributed by atoms with van der Waals surface area (Å²) in [5.74, 6) is 3.63. The maximum absolute atomic E-state index is 8.79. The van der Waals surface area contributed by atoms with Crippen LogP contribution in [0.2, 0.25) is 0 Å². The lowest BCUT2D eigenvalue weighted by Gasteiger charge is -2.09. The Morgan fingerprint density at radius 2 is 2.00 bits per heavy atom. The molecule has 0 aliphatic rings. The van der Waals surface area contributed by atoms with Gasteiger partial charge in [0, 0.05) is 12.4 Å². The number of hydrogen-bond acceptors (Lipinski definition) is 3. The first-order valence-electron chi connectivity index (χ1n) is 5.57. The third-order valence-electron chi connectivity index (χ3n) is 2.45. The smallest absolute Gasteiger partial charge is 0.118 e. The number of rotatable bonds is 7. The van der Waals surface area contributed by atoms with Crippen LogP contribution in [0.25, 0.3) is 0 Å². The SMILES string of the molecule is COc1ccc(CSCC(C)CCO)cc1. The van der Waals surface area contributed by atoms with Crippen molar-refractivity contribution in [2.45, 2.75) is 19.1 Å². The zero-order valence-corrected chi connectivity index (χ0v) is 10.8. The van der Waals surface area contributed by atoms with Gasteiger partial charge in [-0.2, -0.15) is 11.8 Å². The Labute approximate surface area is 102 Å². The zero-order chi connectivity index (χ0) is 11.8. The minimum absolute atomic E-state index is 0.296. The molecule has 0 bridgehead atoms. The number of thioether (sulfide) groups is 1. The van der Waals surface area contributed by atoms with E-state index in [1.54, 1.807) is 7.11 Å². The summed E-state index contributed by atoms with van der Waals surface area (Å²) in [5, 5.41) is 8.79. The third kappa shape index (κ3) is 4.90. The first-order valence-corrected chi connectivity index (χ1v) is 6.73. The van der Waals surface area contributed by atoms with Gasteiger partial charge in [0.15, 0.2) is 0 Å². The van der Waals surface area contributed by atoms with Crippen LogP contribution >= 0.6 is 11.8 Å². The van der Waals surface area contributed by atoms with Gasteiger partial charge in [-0.25, -0.2) is 0 Å². The second-order valence-corrected chi connectivity index (χ2v) is 5.01. The maximum Gasteiger partial charge on any atom is 0.118 e. The average molecular weight is 240 g/mol. The van der Waals surface area contributed by atoms with E-state index in [4.69, 9.17) is 9.84 Å². The van der Waals surface area contributed by atoms with Crippen LogP contribution in [0.4, 0.5) is 0 Å².